The first-order valence-corrected chi connectivity index (χ1v) is 8.46. The Balaban J connectivity index is 2.03. The van der Waals surface area contributed by atoms with Crippen molar-refractivity contribution in [1.29, 1.82) is 0 Å². The third kappa shape index (κ3) is 3.47. The zero-order valence-electron chi connectivity index (χ0n) is 15.4. The zero-order valence-corrected chi connectivity index (χ0v) is 15.4. The summed E-state index contributed by atoms with van der Waals surface area (Å²) in [7, 11) is 3.15. The fraction of sp³-hybridized carbons (Fsp3) is 0.238. The Morgan fingerprint density at radius 1 is 1.04 bits per heavy atom. The number of pyridine rings is 1. The number of benzene rings is 2. The fourth-order valence-electron chi connectivity index (χ4n) is 2.77. The second-order valence-corrected chi connectivity index (χ2v) is 6.29. The first-order chi connectivity index (χ1) is 12.5. The Morgan fingerprint density at radius 3 is 2.50 bits per heavy atom. The number of anilines is 1. The molecule has 0 saturated carbocycles. The molecular weight excluding hydrogens is 328 g/mol. The van der Waals surface area contributed by atoms with Gasteiger partial charge in [-0.15, -0.1) is 0 Å². The number of nitrogens with zero attached hydrogens (tertiary/aromatic N) is 1. The molecule has 26 heavy (non-hydrogen) atoms. The summed E-state index contributed by atoms with van der Waals surface area (Å²) in [6.45, 7) is 4.12. The number of para-hydroxylation sites is 1. The average molecular weight is 350 g/mol. The van der Waals surface area contributed by atoms with Gasteiger partial charge in [0, 0.05) is 17.1 Å². The maximum Gasteiger partial charge on any atom is 0.256 e. The minimum Gasteiger partial charge on any atom is -0.497 e. The molecule has 2 aromatic carbocycles. The maximum absolute atomic E-state index is 13.0. The quantitative estimate of drug-likeness (QED) is 0.729. The predicted octanol–water partition coefficient (Wildman–Crippen LogP) is 4.63. The molecule has 0 aliphatic rings. The molecule has 0 radical (unpaired) electrons. The molecule has 0 aliphatic heterocycles. The third-order valence-corrected chi connectivity index (χ3v) is 4.23. The first kappa shape index (κ1) is 17.7. The van der Waals surface area contributed by atoms with E-state index in [-0.39, 0.29) is 11.8 Å². The van der Waals surface area contributed by atoms with Gasteiger partial charge >= 0.3 is 0 Å². The molecule has 3 rings (SSSR count). The van der Waals surface area contributed by atoms with E-state index in [2.05, 4.69) is 24.1 Å². The summed E-state index contributed by atoms with van der Waals surface area (Å²) in [5.74, 6) is 1.23. The second kappa shape index (κ2) is 7.44. The molecular formula is C21H22N2O3. The minimum absolute atomic E-state index is 0.200. The van der Waals surface area contributed by atoms with E-state index in [1.807, 2.05) is 30.3 Å². The van der Waals surface area contributed by atoms with Crippen LogP contribution in [0.4, 0.5) is 5.69 Å². The van der Waals surface area contributed by atoms with E-state index in [0.29, 0.717) is 22.7 Å². The van der Waals surface area contributed by atoms with Crippen molar-refractivity contribution in [1.82, 2.24) is 4.98 Å². The van der Waals surface area contributed by atoms with Crippen LogP contribution in [0, 0.1) is 0 Å². The van der Waals surface area contributed by atoms with Gasteiger partial charge < -0.3 is 14.8 Å². The highest BCUT2D eigenvalue weighted by molar-refractivity contribution is 6.12. The van der Waals surface area contributed by atoms with Crippen LogP contribution in [0.3, 0.4) is 0 Å². The molecule has 3 aromatic rings. The molecule has 0 unspecified atom stereocenters. The monoisotopic (exact) mass is 350 g/mol. The number of rotatable bonds is 5. The van der Waals surface area contributed by atoms with E-state index < -0.39 is 0 Å². The van der Waals surface area contributed by atoms with Crippen molar-refractivity contribution in [2.45, 2.75) is 19.8 Å². The molecule has 1 aromatic heterocycles. The van der Waals surface area contributed by atoms with Crippen LogP contribution >= 0.6 is 0 Å². The normalized spacial score (nSPS) is 10.8. The maximum atomic E-state index is 13.0. The van der Waals surface area contributed by atoms with Crippen LogP contribution in [0.5, 0.6) is 11.5 Å². The predicted molar refractivity (Wildman–Crippen MR) is 103 cm³/mol. The number of amides is 1. The van der Waals surface area contributed by atoms with E-state index in [4.69, 9.17) is 9.47 Å². The topological polar surface area (TPSA) is 60.5 Å². The Morgan fingerprint density at radius 2 is 1.81 bits per heavy atom. The van der Waals surface area contributed by atoms with Crippen molar-refractivity contribution in [3.63, 3.8) is 0 Å². The third-order valence-electron chi connectivity index (χ3n) is 4.23. The molecule has 0 atom stereocenters. The number of methoxy groups -OCH3 is 2. The lowest BCUT2D eigenvalue weighted by atomic mass is 10.0. The van der Waals surface area contributed by atoms with Gasteiger partial charge in [0.15, 0.2) is 0 Å². The van der Waals surface area contributed by atoms with E-state index in [1.165, 1.54) is 0 Å². The highest BCUT2D eigenvalue weighted by atomic mass is 16.5. The van der Waals surface area contributed by atoms with Crippen molar-refractivity contribution in [3.05, 3.63) is 59.8 Å². The molecule has 0 saturated heterocycles. The number of nitrogens with one attached hydrogen (secondary N) is 1. The number of carbonyl (C=O) groups is 1. The highest BCUT2D eigenvalue weighted by Crippen LogP contribution is 2.30. The van der Waals surface area contributed by atoms with Crippen LogP contribution in [0.1, 0.15) is 35.8 Å². The molecule has 1 heterocycles. The number of fused-ring (bicyclic) bond motifs is 1. The van der Waals surface area contributed by atoms with Gasteiger partial charge in [0.25, 0.3) is 5.91 Å². The molecule has 0 aliphatic carbocycles. The average Bonchev–Trinajstić information content (AvgIpc) is 2.67. The van der Waals surface area contributed by atoms with Crippen molar-refractivity contribution in [2.75, 3.05) is 19.5 Å². The van der Waals surface area contributed by atoms with Crippen LogP contribution in [-0.4, -0.2) is 25.1 Å². The summed E-state index contributed by atoms with van der Waals surface area (Å²) in [6, 6.07) is 14.8. The van der Waals surface area contributed by atoms with Crippen molar-refractivity contribution in [3.8, 4) is 11.5 Å². The minimum atomic E-state index is -0.200. The molecule has 0 fully saturated rings. The van der Waals surface area contributed by atoms with Crippen LogP contribution in [0.2, 0.25) is 0 Å². The number of aromatic nitrogens is 1. The van der Waals surface area contributed by atoms with Gasteiger partial charge in [-0.25, -0.2) is 0 Å². The molecule has 0 spiro atoms. The zero-order chi connectivity index (χ0) is 18.7. The fourth-order valence-corrected chi connectivity index (χ4v) is 2.77. The van der Waals surface area contributed by atoms with Gasteiger partial charge in [-0.05, 0) is 30.2 Å². The lowest BCUT2D eigenvalue weighted by Gasteiger charge is -2.14. The van der Waals surface area contributed by atoms with E-state index in [1.54, 1.807) is 32.4 Å². The summed E-state index contributed by atoms with van der Waals surface area (Å²) in [6.07, 6.45) is 0. The second-order valence-electron chi connectivity index (χ2n) is 6.29. The first-order valence-electron chi connectivity index (χ1n) is 8.46. The highest BCUT2D eigenvalue weighted by Gasteiger charge is 2.16. The lowest BCUT2D eigenvalue weighted by Crippen LogP contribution is -2.14. The summed E-state index contributed by atoms with van der Waals surface area (Å²) in [5, 5.41) is 3.76. The summed E-state index contributed by atoms with van der Waals surface area (Å²) >= 11 is 0. The molecule has 134 valence electrons. The number of carbonyl (C=O) groups excluding carboxylic acids is 1. The van der Waals surface area contributed by atoms with E-state index in [9.17, 15) is 4.79 Å². The number of hydrogen-bond donors (Lipinski definition) is 1. The van der Waals surface area contributed by atoms with Gasteiger partial charge in [0.2, 0.25) is 0 Å². The molecule has 5 heteroatoms. The Labute approximate surface area is 153 Å². The van der Waals surface area contributed by atoms with Gasteiger partial charge in [-0.2, -0.15) is 0 Å². The molecule has 0 bridgehead atoms. The Kier molecular flexibility index (Phi) is 5.07. The Hall–Kier alpha value is -3.08. The van der Waals surface area contributed by atoms with Gasteiger partial charge in [-0.1, -0.05) is 32.0 Å². The van der Waals surface area contributed by atoms with Crippen LogP contribution in [-0.2, 0) is 0 Å². The summed E-state index contributed by atoms with van der Waals surface area (Å²) in [4.78, 5) is 17.7. The van der Waals surface area contributed by atoms with Gasteiger partial charge in [-0.3, -0.25) is 9.78 Å². The summed E-state index contributed by atoms with van der Waals surface area (Å²) < 4.78 is 10.6. The van der Waals surface area contributed by atoms with Gasteiger partial charge in [0.05, 0.1) is 31.0 Å². The van der Waals surface area contributed by atoms with Crippen molar-refractivity contribution in [2.24, 2.45) is 0 Å². The van der Waals surface area contributed by atoms with E-state index >= 15 is 0 Å². The van der Waals surface area contributed by atoms with E-state index in [0.717, 1.165) is 16.6 Å². The molecule has 5 nitrogen and oxygen atoms in total. The van der Waals surface area contributed by atoms with Crippen molar-refractivity contribution < 1.29 is 14.3 Å². The van der Waals surface area contributed by atoms with Crippen molar-refractivity contribution >= 4 is 22.5 Å². The smallest absolute Gasteiger partial charge is 0.256 e. The standard InChI is InChI=1S/C21H22N2O3/c1-13(2)19-12-16(15-7-5-6-8-17(15)22-19)21(24)23-18-10-9-14(25-3)11-20(18)26-4/h5-13H,1-4H3,(H,23,24). The van der Waals surface area contributed by atoms with Crippen LogP contribution in [0.25, 0.3) is 10.9 Å². The Bertz CT molecular complexity index is 951. The van der Waals surface area contributed by atoms with Crippen LogP contribution < -0.4 is 14.8 Å². The lowest BCUT2D eigenvalue weighted by molar-refractivity contribution is 0.102. The number of ether oxygens (including phenoxy) is 2. The SMILES string of the molecule is COc1ccc(NC(=O)c2cc(C(C)C)nc3ccccc23)c(OC)c1. The van der Waals surface area contributed by atoms with Crippen LogP contribution in [0.15, 0.2) is 48.5 Å². The molecule has 1 amide bonds. The van der Waals surface area contributed by atoms with Gasteiger partial charge in [0.1, 0.15) is 11.5 Å². The summed E-state index contributed by atoms with van der Waals surface area (Å²) in [5.41, 5.74) is 2.88. The largest absolute Gasteiger partial charge is 0.497 e. The molecule has 1 N–H and O–H groups in total. The number of hydrogen-bond acceptors (Lipinski definition) is 4.